The van der Waals surface area contributed by atoms with Crippen LogP contribution in [0.3, 0.4) is 0 Å². The summed E-state index contributed by atoms with van der Waals surface area (Å²) in [5.41, 5.74) is -3.14. The molecule has 0 aromatic heterocycles. The van der Waals surface area contributed by atoms with E-state index in [2.05, 4.69) is 59.4 Å². The molecule has 8 amide bonds. The molecule has 6 N–H and O–H groups in total. The van der Waals surface area contributed by atoms with E-state index < -0.39 is 40.2 Å². The van der Waals surface area contributed by atoms with Gasteiger partial charge in [-0.2, -0.15) is 0 Å². The summed E-state index contributed by atoms with van der Waals surface area (Å²) in [6.07, 6.45) is 2.04. The Kier molecular flexibility index (Phi) is 46.3. The molecule has 0 radical (unpaired) electrons. The number of amidine groups is 2. The van der Waals surface area contributed by atoms with Gasteiger partial charge in [0.25, 0.3) is 23.6 Å². The third-order valence-electron chi connectivity index (χ3n) is 5.62. The van der Waals surface area contributed by atoms with Crippen LogP contribution in [0.15, 0.2) is 9.98 Å². The van der Waals surface area contributed by atoms with Crippen molar-refractivity contribution in [3.63, 3.8) is 0 Å². The number of hydrogen-bond acceptors (Lipinski definition) is 11. The number of rotatable bonds is 3. The second kappa shape index (κ2) is 32.2. The Morgan fingerprint density at radius 1 is 0.627 bits per heavy atom. The van der Waals surface area contributed by atoms with Crippen LogP contribution in [0.5, 0.6) is 0 Å². The van der Waals surface area contributed by atoms with Gasteiger partial charge >= 0.3 is 166 Å². The summed E-state index contributed by atoms with van der Waals surface area (Å²) < 4.78 is 0. The minimum absolute atomic E-state index is 0. The number of halogens is 1. The Morgan fingerprint density at radius 2 is 0.980 bits per heavy atom. The molecule has 0 saturated carbocycles. The number of nitrogens with one attached hydrogen (secondary N) is 5. The molecule has 4 rings (SSSR count). The average molecular weight is 874 g/mol. The van der Waals surface area contributed by atoms with Crippen LogP contribution in [-0.2, 0) is 19.2 Å². The third kappa shape index (κ3) is 25.8. The molecule has 0 aromatic rings. The van der Waals surface area contributed by atoms with Crippen LogP contribution in [0.25, 0.3) is 0 Å². The maximum absolute atomic E-state index is 11.5. The van der Waals surface area contributed by atoms with Crippen molar-refractivity contribution >= 4 is 63.7 Å². The van der Waals surface area contributed by atoms with Crippen LogP contribution in [0.1, 0.15) is 112 Å². The van der Waals surface area contributed by atoms with Gasteiger partial charge in [-0.1, -0.05) is 59.5 Å². The van der Waals surface area contributed by atoms with Crippen molar-refractivity contribution in [3.8, 4) is 0 Å². The van der Waals surface area contributed by atoms with Crippen molar-refractivity contribution < 1.29 is 199 Å². The minimum atomic E-state index is -0.850. The van der Waals surface area contributed by atoms with Crippen molar-refractivity contribution in [2.45, 2.75) is 134 Å². The van der Waals surface area contributed by atoms with Gasteiger partial charge in [-0.05, 0) is 68.2 Å². The van der Waals surface area contributed by atoms with Gasteiger partial charge in [0.2, 0.25) is 0 Å². The van der Waals surface area contributed by atoms with Crippen molar-refractivity contribution in [2.75, 3.05) is 11.9 Å². The van der Waals surface area contributed by atoms with E-state index >= 15 is 0 Å². The Bertz CT molecular complexity index is 1130. The van der Waals surface area contributed by atoms with Crippen molar-refractivity contribution in [1.29, 1.82) is 0 Å². The van der Waals surface area contributed by atoms with E-state index in [0.29, 0.717) is 6.54 Å². The van der Waals surface area contributed by atoms with Gasteiger partial charge in [0, 0.05) is 11.9 Å². The standard InChI is InChI=1S/C8H14N2O2.3C5H8N2O2.C3H7Br.4CH4.3K.H2O/c1-4-5-10-6(11)8(2,3)9-7(10)12;3*1-5(2)3(8)6-4(9)7-5;1-2-3-4;;;;;;;;/h4-5H2,1-3H3,(H,9,12);3*1-2H3,(H2,6,7,8,9);2-3H2,1H3;4*1H4;;;;1H2/q;;;;;;;;;3*+1;/p-3. The zero-order valence-electron chi connectivity index (χ0n) is 29.8. The van der Waals surface area contributed by atoms with Crippen molar-refractivity contribution in [1.82, 2.24) is 31.5 Å². The van der Waals surface area contributed by atoms with Crippen LogP contribution in [0, 0.1) is 0 Å². The zero-order valence-corrected chi connectivity index (χ0v) is 40.7. The topological polar surface area (TPSA) is 267 Å². The molecule has 0 aromatic carbocycles. The summed E-state index contributed by atoms with van der Waals surface area (Å²) >= 11 is 3.25. The van der Waals surface area contributed by atoms with Crippen LogP contribution in [-0.4, -0.2) is 92.1 Å². The molecule has 2 fully saturated rings. The van der Waals surface area contributed by atoms with E-state index in [0.717, 1.165) is 11.8 Å². The summed E-state index contributed by atoms with van der Waals surface area (Å²) in [5, 5.41) is 33.2. The molecule has 0 unspecified atom stereocenters. The number of amides is 8. The molecule has 0 spiro atoms. The fraction of sp³-hybridized carbons (Fsp3) is 0.733. The smallest absolute Gasteiger partial charge is 0.870 e. The van der Waals surface area contributed by atoms with E-state index in [1.807, 2.05) is 6.92 Å². The summed E-state index contributed by atoms with van der Waals surface area (Å²) in [5.74, 6) is -1.05. The Hall–Kier alpha value is 1.11. The van der Waals surface area contributed by atoms with Crippen LogP contribution >= 0.6 is 15.9 Å². The maximum Gasteiger partial charge on any atom is 1.00 e. The summed E-state index contributed by atoms with van der Waals surface area (Å²) in [6, 6.07) is -1.76. The summed E-state index contributed by atoms with van der Waals surface area (Å²) in [4.78, 5) is 73.4. The van der Waals surface area contributed by atoms with E-state index in [4.69, 9.17) is 0 Å². The predicted molar refractivity (Wildman–Crippen MR) is 188 cm³/mol. The van der Waals surface area contributed by atoms with Gasteiger partial charge in [-0.15, -0.1) is 0 Å². The molecular formula is C30H60BrK3N8O9. The second-order valence-electron chi connectivity index (χ2n) is 11.6. The van der Waals surface area contributed by atoms with Gasteiger partial charge in [0.1, 0.15) is 22.2 Å². The molecular weight excluding hydrogens is 814 g/mol. The fourth-order valence-electron chi connectivity index (χ4n) is 3.04. The predicted octanol–water partition coefficient (Wildman–Crippen LogP) is -7.28. The first kappa shape index (κ1) is 73.2. The fourth-order valence-corrected chi connectivity index (χ4v) is 3.04. The molecule has 284 valence electrons. The van der Waals surface area contributed by atoms with Crippen molar-refractivity contribution in [3.05, 3.63) is 0 Å². The number of nitrogens with zero attached hydrogens (tertiary/aromatic N) is 3. The summed E-state index contributed by atoms with van der Waals surface area (Å²) in [6.45, 7) is 17.7. The molecule has 0 bridgehead atoms. The molecule has 21 heteroatoms. The third-order valence-corrected chi connectivity index (χ3v) is 6.41. The van der Waals surface area contributed by atoms with Crippen molar-refractivity contribution in [2.24, 2.45) is 9.98 Å². The van der Waals surface area contributed by atoms with Gasteiger partial charge in [0.15, 0.2) is 0 Å². The Morgan fingerprint density at radius 3 is 1.10 bits per heavy atom. The quantitative estimate of drug-likeness (QED) is 0.102. The molecule has 2 saturated heterocycles. The number of hydrogen-bond donors (Lipinski definition) is 5. The van der Waals surface area contributed by atoms with Gasteiger partial charge in [-0.25, -0.2) is 9.59 Å². The van der Waals surface area contributed by atoms with Gasteiger partial charge in [-0.3, -0.25) is 39.4 Å². The molecule has 51 heavy (non-hydrogen) atoms. The minimum Gasteiger partial charge on any atom is -0.870 e. The number of alkyl halides is 1. The molecule has 0 atom stereocenters. The summed E-state index contributed by atoms with van der Waals surface area (Å²) in [7, 11) is 0. The number of urea groups is 2. The monoisotopic (exact) mass is 872 g/mol. The van der Waals surface area contributed by atoms with E-state index in [1.54, 1.807) is 55.4 Å². The first-order valence-corrected chi connectivity index (χ1v) is 14.6. The van der Waals surface area contributed by atoms with E-state index in [9.17, 15) is 39.0 Å². The largest absolute Gasteiger partial charge is 1.00 e. The molecule has 0 aliphatic carbocycles. The Balaban J connectivity index is -0.0000000609. The first-order chi connectivity index (χ1) is 19.5. The SMILES string of the molecule is C.C.C.C.CC1(C)N=C([O-])NC1=O.CC1(C)N=C([O-])NC1=O.CC1(C)NC(=O)NC1=O.CCCBr.CCCN1C(=O)NC(C)(C)C1=O.[K+].[K+].[K+].[OH-]. The molecule has 4 heterocycles. The average Bonchev–Trinajstić information content (AvgIpc) is 3.41. The molecule has 4 aliphatic heterocycles. The normalized spacial score (nSPS) is 18.0. The molecule has 17 nitrogen and oxygen atoms in total. The number of imide groups is 2. The van der Waals surface area contributed by atoms with Gasteiger partial charge < -0.3 is 37.0 Å². The Labute approximate surface area is 441 Å². The molecule has 4 aliphatic rings. The zero-order chi connectivity index (χ0) is 34.0. The maximum atomic E-state index is 11.5. The van der Waals surface area contributed by atoms with Crippen LogP contribution in [0.4, 0.5) is 9.59 Å². The van der Waals surface area contributed by atoms with Gasteiger partial charge in [0.05, 0.1) is 12.0 Å². The number of aliphatic imine (C=N–C) groups is 2. The van der Waals surface area contributed by atoms with E-state index in [1.165, 1.54) is 11.3 Å². The second-order valence-corrected chi connectivity index (χ2v) is 12.4. The van der Waals surface area contributed by atoms with E-state index in [-0.39, 0.29) is 219 Å². The number of carbonyl (C=O) groups excluding carboxylic acids is 6. The van der Waals surface area contributed by atoms with Crippen LogP contribution in [0.2, 0.25) is 0 Å². The van der Waals surface area contributed by atoms with Crippen LogP contribution < -0.4 is 191 Å². The first-order valence-electron chi connectivity index (χ1n) is 13.5. The number of carbonyl (C=O) groups is 6.